The Hall–Kier alpha value is 0.750. The molecule has 0 aromatic rings. The molecule has 0 bridgehead atoms. The number of hydrogen-bond acceptors (Lipinski definition) is 0. The Morgan fingerprint density at radius 3 is 1.88 bits per heavy atom. The first-order valence-corrected chi connectivity index (χ1v) is 3.47. The van der Waals surface area contributed by atoms with E-state index in [1.165, 1.54) is 0 Å². The lowest BCUT2D eigenvalue weighted by Gasteiger charge is -2.05. The molecule has 8 heavy (non-hydrogen) atoms. The largest absolute Gasteiger partial charge is 0.305 e. The van der Waals surface area contributed by atoms with Gasteiger partial charge in [-0.3, -0.25) is 0 Å². The fourth-order valence-corrected chi connectivity index (χ4v) is 1.30. The van der Waals surface area contributed by atoms with Gasteiger partial charge in [-0.05, 0) is 15.9 Å². The molecule has 0 rings (SSSR count). The smallest absolute Gasteiger partial charge is 0.235 e. The molecular formula is C3H3Br2F3. The van der Waals surface area contributed by atoms with Crippen LogP contribution in [0.1, 0.15) is 6.42 Å². The minimum atomic E-state index is -3.09. The zero-order valence-electron chi connectivity index (χ0n) is 3.67. The van der Waals surface area contributed by atoms with Gasteiger partial charge >= 0.3 is 4.83 Å². The van der Waals surface area contributed by atoms with E-state index < -0.39 is 16.3 Å². The molecule has 0 aromatic heterocycles. The van der Waals surface area contributed by atoms with Crippen LogP contribution in [0.2, 0.25) is 0 Å². The summed E-state index contributed by atoms with van der Waals surface area (Å²) in [4.78, 5) is -3.09. The third-order valence-electron chi connectivity index (χ3n) is 0.386. The molecular weight excluding hydrogens is 253 g/mol. The Labute approximate surface area is 61.7 Å². The van der Waals surface area contributed by atoms with Gasteiger partial charge in [0.15, 0.2) is 5.08 Å². The van der Waals surface area contributed by atoms with Crippen LogP contribution in [0, 0.1) is 0 Å². The molecule has 0 aliphatic carbocycles. The second kappa shape index (κ2) is 3.06. The van der Waals surface area contributed by atoms with Crippen molar-refractivity contribution in [3.63, 3.8) is 0 Å². The lowest BCUT2D eigenvalue weighted by atomic mass is 10.5. The molecule has 0 aliphatic heterocycles. The highest BCUT2D eigenvalue weighted by atomic mass is 79.9. The van der Waals surface area contributed by atoms with Crippen LogP contribution in [0.15, 0.2) is 0 Å². The van der Waals surface area contributed by atoms with Crippen LogP contribution in [0.4, 0.5) is 13.2 Å². The van der Waals surface area contributed by atoms with Crippen LogP contribution < -0.4 is 0 Å². The molecule has 0 aliphatic rings. The van der Waals surface area contributed by atoms with E-state index in [1.54, 1.807) is 0 Å². The predicted molar refractivity (Wildman–Crippen MR) is 32.3 cm³/mol. The number of halogens is 5. The summed E-state index contributed by atoms with van der Waals surface area (Å²) in [5.41, 5.74) is 0. The predicted octanol–water partition coefficient (Wildman–Crippen LogP) is 3.05. The number of rotatable bonds is 2. The molecule has 0 unspecified atom stereocenters. The van der Waals surface area contributed by atoms with Crippen LogP contribution in [-0.2, 0) is 0 Å². The third-order valence-corrected chi connectivity index (χ3v) is 1.03. The SMILES string of the molecule is F[C@H](Br)CC(F)(F)Br. The summed E-state index contributed by atoms with van der Waals surface area (Å²) < 4.78 is 34.8. The van der Waals surface area contributed by atoms with Gasteiger partial charge in [-0.25, -0.2) is 4.39 Å². The Balaban J connectivity index is 3.39. The summed E-state index contributed by atoms with van der Waals surface area (Å²) in [5.74, 6) is 0. The molecule has 0 N–H and O–H groups in total. The van der Waals surface area contributed by atoms with Crippen molar-refractivity contribution in [3.8, 4) is 0 Å². The number of alkyl halides is 5. The Morgan fingerprint density at radius 1 is 1.50 bits per heavy atom. The Kier molecular flexibility index (Phi) is 3.34. The standard InChI is InChI=1S/C3H3Br2F3/c4-2(6)1-3(5,7)8/h2H,1H2/t2-/m0/s1. The van der Waals surface area contributed by atoms with Crippen LogP contribution in [-0.4, -0.2) is 9.91 Å². The fourth-order valence-electron chi connectivity index (χ4n) is 0.175. The topological polar surface area (TPSA) is 0 Å². The molecule has 1 atom stereocenters. The second-order valence-electron chi connectivity index (χ2n) is 1.21. The van der Waals surface area contributed by atoms with Crippen LogP contribution in [0.25, 0.3) is 0 Å². The molecule has 50 valence electrons. The van der Waals surface area contributed by atoms with Crippen LogP contribution >= 0.6 is 31.9 Å². The van der Waals surface area contributed by atoms with Gasteiger partial charge < -0.3 is 0 Å². The van der Waals surface area contributed by atoms with Gasteiger partial charge in [-0.2, -0.15) is 8.78 Å². The Morgan fingerprint density at radius 2 is 1.88 bits per heavy atom. The van der Waals surface area contributed by atoms with Gasteiger partial charge in [0.05, 0.1) is 6.42 Å². The summed E-state index contributed by atoms with van der Waals surface area (Å²) in [7, 11) is 0. The molecule has 0 nitrogen and oxygen atoms in total. The van der Waals surface area contributed by atoms with Crippen molar-refractivity contribution in [2.45, 2.75) is 16.3 Å². The van der Waals surface area contributed by atoms with Crippen molar-refractivity contribution < 1.29 is 13.2 Å². The third kappa shape index (κ3) is 6.75. The minimum Gasteiger partial charge on any atom is -0.235 e. The second-order valence-corrected chi connectivity index (χ2v) is 3.36. The molecule has 0 saturated carbocycles. The summed E-state index contributed by atoms with van der Waals surface area (Å²) in [6.45, 7) is 0. The quantitative estimate of drug-likeness (QED) is 0.666. The molecule has 0 heterocycles. The van der Waals surface area contributed by atoms with E-state index in [4.69, 9.17) is 0 Å². The number of hydrogen-bond donors (Lipinski definition) is 0. The molecule has 0 aromatic carbocycles. The van der Waals surface area contributed by atoms with Crippen molar-refractivity contribution in [1.82, 2.24) is 0 Å². The van der Waals surface area contributed by atoms with Crippen molar-refractivity contribution in [3.05, 3.63) is 0 Å². The lowest BCUT2D eigenvalue weighted by Crippen LogP contribution is -2.08. The van der Waals surface area contributed by atoms with Crippen molar-refractivity contribution in [2.75, 3.05) is 0 Å². The van der Waals surface area contributed by atoms with E-state index >= 15 is 0 Å². The summed E-state index contributed by atoms with van der Waals surface area (Å²) in [6.07, 6.45) is -0.840. The van der Waals surface area contributed by atoms with E-state index in [9.17, 15) is 13.2 Å². The van der Waals surface area contributed by atoms with Crippen molar-refractivity contribution >= 4 is 31.9 Å². The first-order valence-electron chi connectivity index (χ1n) is 1.77. The van der Waals surface area contributed by atoms with Crippen molar-refractivity contribution in [2.24, 2.45) is 0 Å². The minimum absolute atomic E-state index is 0.840. The molecule has 0 amide bonds. The average molecular weight is 256 g/mol. The summed E-state index contributed by atoms with van der Waals surface area (Å²) in [5, 5.41) is -1.64. The highest BCUT2D eigenvalue weighted by Crippen LogP contribution is 2.30. The van der Waals surface area contributed by atoms with E-state index in [2.05, 4.69) is 15.9 Å². The van der Waals surface area contributed by atoms with Crippen molar-refractivity contribution in [1.29, 1.82) is 0 Å². The first kappa shape index (κ1) is 8.75. The maximum atomic E-state index is 11.6. The molecule has 0 saturated heterocycles. The molecule has 0 spiro atoms. The Bertz CT molecular complexity index is 67.4. The zero-order valence-corrected chi connectivity index (χ0v) is 6.85. The van der Waals surface area contributed by atoms with Gasteiger partial charge in [0, 0.05) is 0 Å². The fraction of sp³-hybridized carbons (Fsp3) is 1.00. The summed E-state index contributed by atoms with van der Waals surface area (Å²) >= 11 is 4.31. The van der Waals surface area contributed by atoms with Gasteiger partial charge in [0.2, 0.25) is 0 Å². The normalized spacial score (nSPS) is 16.1. The van der Waals surface area contributed by atoms with E-state index in [0.29, 0.717) is 0 Å². The van der Waals surface area contributed by atoms with Gasteiger partial charge in [0.25, 0.3) is 0 Å². The molecule has 0 fully saturated rings. The van der Waals surface area contributed by atoms with Crippen LogP contribution in [0.3, 0.4) is 0 Å². The van der Waals surface area contributed by atoms with E-state index in [-0.39, 0.29) is 0 Å². The zero-order chi connectivity index (χ0) is 6.78. The van der Waals surface area contributed by atoms with Gasteiger partial charge in [-0.1, -0.05) is 15.9 Å². The van der Waals surface area contributed by atoms with Crippen LogP contribution in [0.5, 0.6) is 0 Å². The van der Waals surface area contributed by atoms with Gasteiger partial charge in [0.1, 0.15) is 0 Å². The van der Waals surface area contributed by atoms with E-state index in [1.807, 2.05) is 15.9 Å². The van der Waals surface area contributed by atoms with E-state index in [0.717, 1.165) is 0 Å². The lowest BCUT2D eigenvalue weighted by molar-refractivity contribution is 0.0906. The molecule has 5 heteroatoms. The highest BCUT2D eigenvalue weighted by Gasteiger charge is 2.27. The maximum absolute atomic E-state index is 11.6. The summed E-state index contributed by atoms with van der Waals surface area (Å²) in [6, 6.07) is 0. The van der Waals surface area contributed by atoms with Gasteiger partial charge in [-0.15, -0.1) is 0 Å². The monoisotopic (exact) mass is 254 g/mol. The molecule has 0 radical (unpaired) electrons. The average Bonchev–Trinajstić information content (AvgIpc) is 1.21. The highest BCUT2D eigenvalue weighted by molar-refractivity contribution is 9.10. The first-order chi connectivity index (χ1) is 3.42. The maximum Gasteiger partial charge on any atom is 0.305 e.